The number of anilines is 1. The highest BCUT2D eigenvalue weighted by Gasteiger charge is 2.67. The van der Waals surface area contributed by atoms with Crippen LogP contribution >= 0.6 is 0 Å². The van der Waals surface area contributed by atoms with Gasteiger partial charge in [-0.2, -0.15) is 0 Å². The molecule has 4 heterocycles. The summed E-state index contributed by atoms with van der Waals surface area (Å²) in [5.74, 6) is -2.66. The molecule has 2 saturated heterocycles. The number of ether oxygens (including phenoxy) is 2. The van der Waals surface area contributed by atoms with E-state index >= 15 is 0 Å². The topological polar surface area (TPSA) is 97.8 Å². The van der Waals surface area contributed by atoms with Crippen molar-refractivity contribution in [1.82, 2.24) is 10.3 Å². The fourth-order valence-corrected chi connectivity index (χ4v) is 6.44. The highest BCUT2D eigenvalue weighted by Crippen LogP contribution is 2.53. The molecule has 37 heavy (non-hydrogen) atoms. The van der Waals surface area contributed by atoms with Gasteiger partial charge in [-0.1, -0.05) is 37.1 Å². The van der Waals surface area contributed by atoms with Crippen molar-refractivity contribution in [3.8, 4) is 0 Å². The molecule has 1 aromatic carbocycles. The molecule has 5 atom stereocenters. The number of pyridine rings is 1. The minimum atomic E-state index is -1.15. The van der Waals surface area contributed by atoms with E-state index in [0.29, 0.717) is 12.1 Å². The van der Waals surface area contributed by atoms with E-state index in [1.54, 1.807) is 23.2 Å². The lowest BCUT2D eigenvalue weighted by Crippen LogP contribution is -2.43. The number of aryl methyl sites for hydroxylation is 2. The molecule has 0 radical (unpaired) electrons. The van der Waals surface area contributed by atoms with Crippen LogP contribution in [0.2, 0.25) is 0 Å². The number of esters is 1. The van der Waals surface area contributed by atoms with E-state index < -0.39 is 35.6 Å². The number of carbonyl (C=O) groups excluding carboxylic acids is 3. The SMILES string of the molecule is Cc1cc(C)cc(N2C[C@@]34C=C[C@@H](O3)[C@H](C(=O)O[C@@H](C(=O)NC3CCCC3)c3cccnc3)[C@H]4C2=O)c1. The summed E-state index contributed by atoms with van der Waals surface area (Å²) in [7, 11) is 0. The number of aromatic nitrogens is 1. The Balaban J connectivity index is 1.26. The van der Waals surface area contributed by atoms with Gasteiger partial charge in [-0.15, -0.1) is 0 Å². The van der Waals surface area contributed by atoms with E-state index in [0.717, 1.165) is 42.5 Å². The number of nitrogens with zero attached hydrogens (tertiary/aromatic N) is 2. The fraction of sp³-hybridized carbons (Fsp3) is 0.448. The van der Waals surface area contributed by atoms with Gasteiger partial charge in [0.1, 0.15) is 11.5 Å². The highest BCUT2D eigenvalue weighted by atomic mass is 16.6. The standard InChI is InChI=1S/C29H31N3O5/c1-17-12-18(2)14-21(13-17)32-16-29-10-9-22(37-29)23(24(29)27(32)34)28(35)36-25(19-6-5-11-30-15-19)26(33)31-20-7-3-4-8-20/h5-6,9-15,20,22-25H,3-4,7-8,16H2,1-2H3,(H,31,33)/t22-,23+,24+,25-,29-/m1/s1. The quantitative estimate of drug-likeness (QED) is 0.482. The first kappa shape index (κ1) is 23.9. The van der Waals surface area contributed by atoms with E-state index in [-0.39, 0.29) is 17.9 Å². The van der Waals surface area contributed by atoms with Crippen LogP contribution in [0, 0.1) is 25.7 Å². The van der Waals surface area contributed by atoms with Gasteiger partial charge in [0, 0.05) is 29.7 Å². The maximum absolute atomic E-state index is 13.7. The lowest BCUT2D eigenvalue weighted by molar-refractivity contribution is -0.163. The largest absolute Gasteiger partial charge is 0.447 e. The van der Waals surface area contributed by atoms with Gasteiger partial charge >= 0.3 is 5.97 Å². The van der Waals surface area contributed by atoms with Gasteiger partial charge < -0.3 is 19.7 Å². The number of hydrogen-bond donors (Lipinski definition) is 1. The van der Waals surface area contributed by atoms with Crippen LogP contribution in [0.25, 0.3) is 0 Å². The molecule has 0 unspecified atom stereocenters. The Hall–Kier alpha value is -3.52. The van der Waals surface area contributed by atoms with E-state index in [9.17, 15) is 14.4 Å². The van der Waals surface area contributed by atoms with Gasteiger partial charge in [0.25, 0.3) is 5.91 Å². The molecule has 3 aliphatic heterocycles. The first-order valence-corrected chi connectivity index (χ1v) is 13.0. The third-order valence-corrected chi connectivity index (χ3v) is 8.05. The summed E-state index contributed by atoms with van der Waals surface area (Å²) in [6.45, 7) is 4.32. The molecule has 8 nitrogen and oxygen atoms in total. The summed E-state index contributed by atoms with van der Waals surface area (Å²) in [4.78, 5) is 46.5. The van der Waals surface area contributed by atoms with Crippen LogP contribution < -0.4 is 10.2 Å². The van der Waals surface area contributed by atoms with Gasteiger partial charge in [-0.3, -0.25) is 19.4 Å². The number of nitrogens with one attached hydrogen (secondary N) is 1. The average Bonchev–Trinajstić information content (AvgIpc) is 3.65. The van der Waals surface area contributed by atoms with Crippen molar-refractivity contribution in [3.05, 3.63) is 71.6 Å². The second-order valence-corrected chi connectivity index (χ2v) is 10.8. The first-order chi connectivity index (χ1) is 17.8. The summed E-state index contributed by atoms with van der Waals surface area (Å²) in [6, 6.07) is 9.50. The van der Waals surface area contributed by atoms with Crippen molar-refractivity contribution >= 4 is 23.5 Å². The molecule has 2 aromatic rings. The Kier molecular flexibility index (Phi) is 5.87. The highest BCUT2D eigenvalue weighted by molar-refractivity contribution is 6.03. The van der Waals surface area contributed by atoms with Gasteiger partial charge in [0.05, 0.1) is 18.6 Å². The number of hydrogen-bond acceptors (Lipinski definition) is 6. The van der Waals surface area contributed by atoms with Crippen LogP contribution in [0.1, 0.15) is 48.5 Å². The first-order valence-electron chi connectivity index (χ1n) is 13.0. The zero-order valence-electron chi connectivity index (χ0n) is 21.1. The zero-order chi connectivity index (χ0) is 25.7. The molecule has 1 aliphatic carbocycles. The number of amides is 2. The van der Waals surface area contributed by atoms with Crippen LogP contribution in [0.3, 0.4) is 0 Å². The molecule has 1 spiro atoms. The molecule has 8 heteroatoms. The number of carbonyl (C=O) groups is 3. The average molecular weight is 502 g/mol. The monoisotopic (exact) mass is 501 g/mol. The summed E-state index contributed by atoms with van der Waals surface area (Å²) in [5.41, 5.74) is 2.53. The van der Waals surface area contributed by atoms with Crippen molar-refractivity contribution in [3.63, 3.8) is 0 Å². The zero-order valence-corrected chi connectivity index (χ0v) is 21.1. The summed E-state index contributed by atoms with van der Waals surface area (Å²) in [5, 5.41) is 3.04. The Morgan fingerprint density at radius 3 is 2.65 bits per heavy atom. The Morgan fingerprint density at radius 1 is 1.19 bits per heavy atom. The number of fused-ring (bicyclic) bond motifs is 1. The number of benzene rings is 1. The number of rotatable bonds is 6. The molecule has 6 rings (SSSR count). The molecule has 2 bridgehead atoms. The molecule has 192 valence electrons. The fourth-order valence-electron chi connectivity index (χ4n) is 6.44. The van der Waals surface area contributed by atoms with E-state index in [4.69, 9.17) is 9.47 Å². The van der Waals surface area contributed by atoms with E-state index in [2.05, 4.69) is 16.4 Å². The molecule has 1 aromatic heterocycles. The minimum Gasteiger partial charge on any atom is -0.447 e. The van der Waals surface area contributed by atoms with Crippen molar-refractivity contribution in [2.24, 2.45) is 11.8 Å². The Bertz CT molecular complexity index is 1250. The molecule has 2 amide bonds. The molecule has 3 fully saturated rings. The van der Waals surface area contributed by atoms with Crippen LogP contribution in [-0.4, -0.2) is 47.1 Å². The molecule has 4 aliphatic rings. The third kappa shape index (κ3) is 4.13. The van der Waals surface area contributed by atoms with Crippen molar-refractivity contribution in [2.45, 2.75) is 63.4 Å². The second-order valence-electron chi connectivity index (χ2n) is 10.8. The van der Waals surface area contributed by atoms with Crippen molar-refractivity contribution in [2.75, 3.05) is 11.4 Å². The summed E-state index contributed by atoms with van der Waals surface area (Å²) >= 11 is 0. The maximum atomic E-state index is 13.7. The maximum Gasteiger partial charge on any atom is 0.314 e. The van der Waals surface area contributed by atoms with Gasteiger partial charge in [0.2, 0.25) is 12.0 Å². The summed E-state index contributed by atoms with van der Waals surface area (Å²) in [6.07, 6.45) is 9.16. The lowest BCUT2D eigenvalue weighted by atomic mass is 9.77. The van der Waals surface area contributed by atoms with Crippen LogP contribution in [0.4, 0.5) is 5.69 Å². The van der Waals surface area contributed by atoms with Gasteiger partial charge in [-0.05, 0) is 56.0 Å². The van der Waals surface area contributed by atoms with E-state index in [1.807, 2.05) is 38.1 Å². The normalized spacial score (nSPS) is 29.0. The van der Waals surface area contributed by atoms with Gasteiger partial charge in [0.15, 0.2) is 0 Å². The predicted molar refractivity (Wildman–Crippen MR) is 135 cm³/mol. The third-order valence-electron chi connectivity index (χ3n) is 8.05. The predicted octanol–water partition coefficient (Wildman–Crippen LogP) is 3.33. The Morgan fingerprint density at radius 2 is 1.95 bits per heavy atom. The molecular formula is C29H31N3O5. The van der Waals surface area contributed by atoms with Gasteiger partial charge in [-0.25, -0.2) is 0 Å². The molecular weight excluding hydrogens is 470 g/mol. The van der Waals surface area contributed by atoms with E-state index in [1.165, 1.54) is 6.20 Å². The van der Waals surface area contributed by atoms with Crippen LogP contribution in [-0.2, 0) is 23.9 Å². The van der Waals surface area contributed by atoms with Crippen molar-refractivity contribution < 1.29 is 23.9 Å². The molecule has 1 N–H and O–H groups in total. The lowest BCUT2D eigenvalue weighted by Gasteiger charge is -2.26. The summed E-state index contributed by atoms with van der Waals surface area (Å²) < 4.78 is 12.2. The van der Waals surface area contributed by atoms with Crippen molar-refractivity contribution in [1.29, 1.82) is 0 Å². The molecule has 1 saturated carbocycles. The van der Waals surface area contributed by atoms with Crippen LogP contribution in [0.15, 0.2) is 54.9 Å². The second kappa shape index (κ2) is 9.10. The minimum absolute atomic E-state index is 0.0742. The van der Waals surface area contributed by atoms with Crippen LogP contribution in [0.5, 0.6) is 0 Å². The Labute approximate surface area is 216 Å². The smallest absolute Gasteiger partial charge is 0.314 e.